The number of methoxy groups -OCH3 is 2. The second kappa shape index (κ2) is 7.21. The summed E-state index contributed by atoms with van der Waals surface area (Å²) in [5.74, 6) is -8.14. The van der Waals surface area contributed by atoms with Gasteiger partial charge < -0.3 is 19.7 Å². The highest BCUT2D eigenvalue weighted by Gasteiger charge is 2.33. The minimum absolute atomic E-state index is 0.0738. The van der Waals surface area contributed by atoms with E-state index in [4.69, 9.17) is 10.2 Å². The van der Waals surface area contributed by atoms with Crippen LogP contribution >= 0.6 is 0 Å². The van der Waals surface area contributed by atoms with Crippen molar-refractivity contribution < 1.29 is 38.9 Å². The second-order valence-corrected chi connectivity index (χ2v) is 4.26. The first kappa shape index (κ1) is 17.2. The molecule has 2 N–H and O–H groups in total. The van der Waals surface area contributed by atoms with Gasteiger partial charge in [0.05, 0.1) is 14.2 Å². The monoisotopic (exact) mass is 310 g/mol. The van der Waals surface area contributed by atoms with Gasteiger partial charge in [-0.3, -0.25) is 19.2 Å². The fraction of sp³-hybridized carbons (Fsp3) is 0.286. The van der Waals surface area contributed by atoms with Crippen molar-refractivity contribution in [3.8, 4) is 0 Å². The molecule has 0 heterocycles. The van der Waals surface area contributed by atoms with Crippen molar-refractivity contribution in [2.75, 3.05) is 14.2 Å². The molecule has 0 aliphatic carbocycles. The minimum atomic E-state index is -1.81. The molecule has 0 spiro atoms. The van der Waals surface area contributed by atoms with E-state index in [1.54, 1.807) is 0 Å². The van der Waals surface area contributed by atoms with E-state index >= 15 is 0 Å². The molecule has 0 saturated heterocycles. The lowest BCUT2D eigenvalue weighted by atomic mass is 9.92. The van der Waals surface area contributed by atoms with Crippen LogP contribution in [0.2, 0.25) is 0 Å². The molecule has 0 saturated carbocycles. The van der Waals surface area contributed by atoms with Crippen LogP contribution in [0.3, 0.4) is 0 Å². The lowest BCUT2D eigenvalue weighted by Gasteiger charge is -2.15. The van der Waals surface area contributed by atoms with E-state index in [2.05, 4.69) is 9.47 Å². The standard InChI is InChI=1S/C14H14O8/c1-21-13(19)10(14(20)22-2)8-5-3-4-7(6-8)9(11(15)16)12(17)18/h3-6,9-10H,1-2H3,(H,15,16)(H,17,18). The molecule has 0 bridgehead atoms. The van der Waals surface area contributed by atoms with Crippen LogP contribution in [0.15, 0.2) is 24.3 Å². The van der Waals surface area contributed by atoms with Crippen LogP contribution in [0.5, 0.6) is 0 Å². The first-order chi connectivity index (χ1) is 10.3. The molecular weight excluding hydrogens is 296 g/mol. The van der Waals surface area contributed by atoms with Gasteiger partial charge in [0.2, 0.25) is 0 Å². The molecule has 0 fully saturated rings. The Bertz CT molecular complexity index is 577. The van der Waals surface area contributed by atoms with Crippen molar-refractivity contribution in [1.82, 2.24) is 0 Å². The normalized spacial score (nSPS) is 10.4. The van der Waals surface area contributed by atoms with E-state index in [1.807, 2.05) is 0 Å². The number of carbonyl (C=O) groups is 4. The Morgan fingerprint density at radius 1 is 0.864 bits per heavy atom. The van der Waals surface area contributed by atoms with Gasteiger partial charge in [-0.05, 0) is 11.1 Å². The van der Waals surface area contributed by atoms with E-state index in [0.717, 1.165) is 20.3 Å². The quantitative estimate of drug-likeness (QED) is 0.570. The molecule has 8 heteroatoms. The van der Waals surface area contributed by atoms with Crippen molar-refractivity contribution >= 4 is 23.9 Å². The number of carbonyl (C=O) groups excluding carboxylic acids is 2. The molecule has 1 aromatic rings. The fourth-order valence-electron chi connectivity index (χ4n) is 1.91. The van der Waals surface area contributed by atoms with Crippen LogP contribution in [0, 0.1) is 0 Å². The third kappa shape index (κ3) is 3.60. The zero-order chi connectivity index (χ0) is 16.9. The number of carboxylic acids is 2. The smallest absolute Gasteiger partial charge is 0.324 e. The van der Waals surface area contributed by atoms with Crippen LogP contribution in [0.4, 0.5) is 0 Å². The summed E-state index contributed by atoms with van der Waals surface area (Å²) in [6, 6.07) is 5.17. The van der Waals surface area contributed by atoms with Crippen molar-refractivity contribution in [2.24, 2.45) is 0 Å². The SMILES string of the molecule is COC(=O)C(C(=O)OC)c1cccc(C(C(=O)O)C(=O)O)c1. The third-order valence-corrected chi connectivity index (χ3v) is 2.95. The summed E-state index contributed by atoms with van der Waals surface area (Å²) in [6.45, 7) is 0. The number of hydrogen-bond acceptors (Lipinski definition) is 6. The third-order valence-electron chi connectivity index (χ3n) is 2.95. The van der Waals surface area contributed by atoms with Crippen molar-refractivity contribution in [3.05, 3.63) is 35.4 Å². The van der Waals surface area contributed by atoms with E-state index in [0.29, 0.717) is 0 Å². The Balaban J connectivity index is 3.34. The lowest BCUT2D eigenvalue weighted by molar-refractivity contribution is -0.154. The molecule has 0 aromatic heterocycles. The average molecular weight is 310 g/mol. The van der Waals surface area contributed by atoms with Gasteiger partial charge in [0.25, 0.3) is 0 Å². The molecule has 0 amide bonds. The van der Waals surface area contributed by atoms with E-state index in [9.17, 15) is 19.2 Å². The van der Waals surface area contributed by atoms with Gasteiger partial charge >= 0.3 is 23.9 Å². The largest absolute Gasteiger partial charge is 0.480 e. The molecule has 118 valence electrons. The molecule has 0 aliphatic rings. The number of carboxylic acid groups (broad SMARTS) is 2. The highest BCUT2D eigenvalue weighted by atomic mass is 16.5. The molecule has 1 aromatic carbocycles. The topological polar surface area (TPSA) is 127 Å². The first-order valence-electron chi connectivity index (χ1n) is 6.04. The van der Waals surface area contributed by atoms with Gasteiger partial charge in [-0.15, -0.1) is 0 Å². The zero-order valence-electron chi connectivity index (χ0n) is 11.8. The number of esters is 2. The number of aliphatic carboxylic acids is 2. The summed E-state index contributed by atoms with van der Waals surface area (Å²) >= 11 is 0. The molecule has 1 rings (SSSR count). The van der Waals surface area contributed by atoms with Crippen LogP contribution in [-0.4, -0.2) is 48.3 Å². The molecule has 0 unspecified atom stereocenters. The Hall–Kier alpha value is -2.90. The molecule has 0 radical (unpaired) electrons. The van der Waals surface area contributed by atoms with Gasteiger partial charge in [0.15, 0.2) is 11.8 Å². The van der Waals surface area contributed by atoms with Crippen molar-refractivity contribution in [1.29, 1.82) is 0 Å². The van der Waals surface area contributed by atoms with Gasteiger partial charge in [-0.1, -0.05) is 24.3 Å². The summed E-state index contributed by atoms with van der Waals surface area (Å²) in [5, 5.41) is 17.9. The van der Waals surface area contributed by atoms with Gasteiger partial charge in [0.1, 0.15) is 0 Å². The van der Waals surface area contributed by atoms with Crippen LogP contribution in [0.25, 0.3) is 0 Å². The number of hydrogen-bond donors (Lipinski definition) is 2. The average Bonchev–Trinajstić information content (AvgIpc) is 2.46. The Labute approximate surface area is 125 Å². The number of benzene rings is 1. The maximum atomic E-state index is 11.7. The summed E-state index contributed by atoms with van der Waals surface area (Å²) < 4.78 is 9.03. The second-order valence-electron chi connectivity index (χ2n) is 4.26. The van der Waals surface area contributed by atoms with Gasteiger partial charge in [-0.25, -0.2) is 0 Å². The van der Waals surface area contributed by atoms with Crippen LogP contribution in [0.1, 0.15) is 23.0 Å². The summed E-state index contributed by atoms with van der Waals surface area (Å²) in [4.78, 5) is 45.5. The first-order valence-corrected chi connectivity index (χ1v) is 6.04. The Morgan fingerprint density at radius 2 is 1.27 bits per heavy atom. The van der Waals surface area contributed by atoms with E-state index < -0.39 is 35.7 Å². The number of ether oxygens (including phenoxy) is 2. The summed E-state index contributed by atoms with van der Waals surface area (Å²) in [7, 11) is 2.17. The zero-order valence-corrected chi connectivity index (χ0v) is 11.8. The summed E-state index contributed by atoms with van der Waals surface area (Å²) in [5.41, 5.74) is 0.0130. The Kier molecular flexibility index (Phi) is 5.62. The minimum Gasteiger partial charge on any atom is -0.480 e. The van der Waals surface area contributed by atoms with Crippen molar-refractivity contribution in [2.45, 2.75) is 11.8 Å². The molecule has 8 nitrogen and oxygen atoms in total. The van der Waals surface area contributed by atoms with Gasteiger partial charge in [-0.2, -0.15) is 0 Å². The number of rotatable bonds is 6. The van der Waals surface area contributed by atoms with E-state index in [1.165, 1.54) is 18.2 Å². The molecule has 22 heavy (non-hydrogen) atoms. The highest BCUT2D eigenvalue weighted by molar-refractivity contribution is 6.01. The maximum absolute atomic E-state index is 11.7. The predicted octanol–water partition coefficient (Wildman–Crippen LogP) is 0.369. The maximum Gasteiger partial charge on any atom is 0.324 e. The Morgan fingerprint density at radius 3 is 1.64 bits per heavy atom. The summed E-state index contributed by atoms with van der Waals surface area (Å²) in [6.07, 6.45) is 0. The van der Waals surface area contributed by atoms with E-state index in [-0.39, 0.29) is 11.1 Å². The molecule has 0 atom stereocenters. The van der Waals surface area contributed by atoms with Crippen molar-refractivity contribution in [3.63, 3.8) is 0 Å². The molecular formula is C14H14O8. The van der Waals surface area contributed by atoms with Crippen LogP contribution in [-0.2, 0) is 28.7 Å². The van der Waals surface area contributed by atoms with Gasteiger partial charge in [0, 0.05) is 0 Å². The van der Waals surface area contributed by atoms with Crippen LogP contribution < -0.4 is 0 Å². The fourth-order valence-corrected chi connectivity index (χ4v) is 1.91. The predicted molar refractivity (Wildman–Crippen MR) is 71.2 cm³/mol. The highest BCUT2D eigenvalue weighted by Crippen LogP contribution is 2.24. The molecule has 0 aliphatic heterocycles. The lowest BCUT2D eigenvalue weighted by Crippen LogP contribution is -2.25.